The van der Waals surface area contributed by atoms with Crippen LogP contribution in [-0.2, 0) is 0 Å². The summed E-state index contributed by atoms with van der Waals surface area (Å²) in [7, 11) is 0. The molecule has 0 radical (unpaired) electrons. The standard InChI is InChI=1S/C8H14N2/c1-7(2)8(3)10-6-4-5-9-10/h4-8H,1-3H3/i8D. The average molecular weight is 139 g/mol. The second-order valence-corrected chi connectivity index (χ2v) is 2.75. The van der Waals surface area contributed by atoms with Gasteiger partial charge in [0.25, 0.3) is 0 Å². The lowest BCUT2D eigenvalue weighted by molar-refractivity contribution is 0.375. The van der Waals surface area contributed by atoms with Crippen LogP contribution in [0.5, 0.6) is 0 Å². The third kappa shape index (κ3) is 1.38. The van der Waals surface area contributed by atoms with Crippen LogP contribution in [0.15, 0.2) is 18.5 Å². The van der Waals surface area contributed by atoms with Crippen LogP contribution in [-0.4, -0.2) is 9.78 Å². The molecule has 56 valence electrons. The van der Waals surface area contributed by atoms with Crippen molar-refractivity contribution in [3.05, 3.63) is 18.5 Å². The zero-order valence-electron chi connectivity index (χ0n) is 7.70. The maximum Gasteiger partial charge on any atom is 0.0552 e. The number of hydrogen-bond acceptors (Lipinski definition) is 1. The van der Waals surface area contributed by atoms with Gasteiger partial charge in [0, 0.05) is 12.4 Å². The third-order valence-corrected chi connectivity index (χ3v) is 1.70. The Morgan fingerprint density at radius 1 is 1.50 bits per heavy atom. The SMILES string of the molecule is [2H]C(C)(C(C)C)n1cccn1. The normalized spacial score (nSPS) is 18.6. The van der Waals surface area contributed by atoms with Gasteiger partial charge in [0.2, 0.25) is 0 Å². The Bertz CT molecular complexity index is 214. The van der Waals surface area contributed by atoms with Gasteiger partial charge in [0.1, 0.15) is 0 Å². The second kappa shape index (κ2) is 2.86. The van der Waals surface area contributed by atoms with E-state index in [2.05, 4.69) is 5.10 Å². The summed E-state index contributed by atoms with van der Waals surface area (Å²) in [6.45, 7) is 5.91. The highest BCUT2D eigenvalue weighted by Crippen LogP contribution is 2.13. The minimum absolute atomic E-state index is 0.266. The van der Waals surface area contributed by atoms with E-state index < -0.39 is 6.02 Å². The predicted octanol–water partition coefficient (Wildman–Crippen LogP) is 2.10. The number of rotatable bonds is 2. The van der Waals surface area contributed by atoms with Crippen LogP contribution in [0.3, 0.4) is 0 Å². The first kappa shape index (κ1) is 5.96. The van der Waals surface area contributed by atoms with E-state index in [1.165, 1.54) is 0 Å². The van der Waals surface area contributed by atoms with Gasteiger partial charge in [0.15, 0.2) is 0 Å². The van der Waals surface area contributed by atoms with Crippen LogP contribution < -0.4 is 0 Å². The number of aromatic nitrogens is 2. The monoisotopic (exact) mass is 139 g/mol. The van der Waals surface area contributed by atoms with E-state index in [0.717, 1.165) is 0 Å². The van der Waals surface area contributed by atoms with Crippen molar-refractivity contribution in [2.75, 3.05) is 0 Å². The van der Waals surface area contributed by atoms with Crippen LogP contribution in [0.25, 0.3) is 0 Å². The first-order chi connectivity index (χ1) is 5.05. The molecule has 2 heteroatoms. The summed E-state index contributed by atoms with van der Waals surface area (Å²) in [6, 6.07) is 1.22. The summed E-state index contributed by atoms with van der Waals surface area (Å²) >= 11 is 0. The van der Waals surface area contributed by atoms with Crippen LogP contribution in [0, 0.1) is 5.92 Å². The van der Waals surface area contributed by atoms with Crippen molar-refractivity contribution in [2.45, 2.75) is 26.8 Å². The average Bonchev–Trinajstić information content (AvgIpc) is 2.37. The fraction of sp³-hybridized carbons (Fsp3) is 0.625. The molecule has 10 heavy (non-hydrogen) atoms. The maximum atomic E-state index is 7.94. The van der Waals surface area contributed by atoms with Crippen molar-refractivity contribution in [3.8, 4) is 0 Å². The summed E-state index contributed by atoms with van der Waals surface area (Å²) in [6.07, 6.45) is 3.53. The van der Waals surface area contributed by atoms with Gasteiger partial charge in [0.05, 0.1) is 7.39 Å². The van der Waals surface area contributed by atoms with E-state index in [4.69, 9.17) is 1.37 Å². The lowest BCUT2D eigenvalue weighted by Gasteiger charge is -2.15. The topological polar surface area (TPSA) is 17.8 Å². The van der Waals surface area contributed by atoms with Gasteiger partial charge in [-0.25, -0.2) is 0 Å². The Kier molecular flexibility index (Phi) is 1.70. The molecule has 1 heterocycles. The molecule has 0 saturated heterocycles. The Hall–Kier alpha value is -0.790. The lowest BCUT2D eigenvalue weighted by atomic mass is 10.1. The summed E-state index contributed by atoms with van der Waals surface area (Å²) < 4.78 is 9.62. The van der Waals surface area contributed by atoms with Gasteiger partial charge in [-0.2, -0.15) is 5.10 Å². The molecule has 1 unspecified atom stereocenters. The first-order valence-corrected chi connectivity index (χ1v) is 3.55. The zero-order chi connectivity index (χ0) is 8.48. The van der Waals surface area contributed by atoms with Gasteiger partial charge >= 0.3 is 0 Å². The Morgan fingerprint density at radius 3 is 2.60 bits per heavy atom. The molecule has 2 nitrogen and oxygen atoms in total. The largest absolute Gasteiger partial charge is 0.270 e. The molecule has 0 aromatic carbocycles. The van der Waals surface area contributed by atoms with Crippen molar-refractivity contribution in [1.82, 2.24) is 9.78 Å². The van der Waals surface area contributed by atoms with Crippen LogP contribution in [0.4, 0.5) is 0 Å². The van der Waals surface area contributed by atoms with Gasteiger partial charge in [-0.15, -0.1) is 0 Å². The zero-order valence-corrected chi connectivity index (χ0v) is 6.70. The summed E-state index contributed by atoms with van der Waals surface area (Å²) in [5.74, 6) is 0.266. The van der Waals surface area contributed by atoms with Gasteiger partial charge < -0.3 is 0 Å². The Labute approximate surface area is 63.3 Å². The molecule has 0 aliphatic rings. The molecule has 0 amide bonds. The fourth-order valence-corrected chi connectivity index (χ4v) is 0.742. The summed E-state index contributed by atoms with van der Waals surface area (Å²) in [5, 5.41) is 4.04. The fourth-order valence-electron chi connectivity index (χ4n) is 0.742. The van der Waals surface area contributed by atoms with Crippen molar-refractivity contribution >= 4 is 0 Å². The van der Waals surface area contributed by atoms with Gasteiger partial charge in [-0.1, -0.05) is 13.8 Å². The molecule has 0 fully saturated rings. The number of hydrogen-bond donors (Lipinski definition) is 0. The molecule has 0 saturated carbocycles. The van der Waals surface area contributed by atoms with Crippen LogP contribution in [0.1, 0.15) is 28.2 Å². The van der Waals surface area contributed by atoms with Gasteiger partial charge in [-0.05, 0) is 18.9 Å². The molecule has 1 aromatic rings. The molecule has 1 aromatic heterocycles. The maximum absolute atomic E-state index is 7.94. The Balaban J connectivity index is 2.90. The molecule has 0 aliphatic carbocycles. The molecule has 0 N–H and O–H groups in total. The molecule has 1 atom stereocenters. The van der Waals surface area contributed by atoms with Crippen molar-refractivity contribution in [1.29, 1.82) is 0 Å². The lowest BCUT2D eigenvalue weighted by Crippen LogP contribution is -2.11. The highest BCUT2D eigenvalue weighted by Gasteiger charge is 2.07. The summed E-state index contributed by atoms with van der Waals surface area (Å²) in [4.78, 5) is 0. The minimum atomic E-state index is -0.622. The number of nitrogens with zero attached hydrogens (tertiary/aromatic N) is 2. The molecule has 0 bridgehead atoms. The van der Waals surface area contributed by atoms with E-state index in [-0.39, 0.29) is 5.92 Å². The van der Waals surface area contributed by atoms with E-state index >= 15 is 0 Å². The first-order valence-electron chi connectivity index (χ1n) is 4.05. The molecule has 1 rings (SSSR count). The van der Waals surface area contributed by atoms with Crippen LogP contribution in [0.2, 0.25) is 0 Å². The third-order valence-electron chi connectivity index (χ3n) is 1.70. The van der Waals surface area contributed by atoms with E-state index in [9.17, 15) is 0 Å². The highest BCUT2D eigenvalue weighted by atomic mass is 15.3. The van der Waals surface area contributed by atoms with Crippen molar-refractivity contribution < 1.29 is 1.37 Å². The van der Waals surface area contributed by atoms with Crippen LogP contribution >= 0.6 is 0 Å². The second-order valence-electron chi connectivity index (χ2n) is 2.75. The summed E-state index contributed by atoms with van der Waals surface area (Å²) in [5.41, 5.74) is 0. The quantitative estimate of drug-likeness (QED) is 0.613. The van der Waals surface area contributed by atoms with E-state index in [1.54, 1.807) is 10.9 Å². The molecule has 0 spiro atoms. The molecule has 0 aliphatic heterocycles. The Morgan fingerprint density at radius 2 is 2.20 bits per heavy atom. The molecular weight excluding hydrogens is 124 g/mol. The highest BCUT2D eigenvalue weighted by molar-refractivity contribution is 4.81. The smallest absolute Gasteiger partial charge is 0.0552 e. The minimum Gasteiger partial charge on any atom is -0.270 e. The van der Waals surface area contributed by atoms with Crippen molar-refractivity contribution in [2.24, 2.45) is 5.92 Å². The van der Waals surface area contributed by atoms with E-state index in [1.807, 2.05) is 33.0 Å². The van der Waals surface area contributed by atoms with E-state index in [0.29, 0.717) is 0 Å². The van der Waals surface area contributed by atoms with Gasteiger partial charge in [-0.3, -0.25) is 4.68 Å². The predicted molar refractivity (Wildman–Crippen MR) is 41.8 cm³/mol. The van der Waals surface area contributed by atoms with Crippen molar-refractivity contribution in [3.63, 3.8) is 0 Å². The molecular formula is C8H14N2.